The van der Waals surface area contributed by atoms with Crippen LogP contribution in [0.5, 0.6) is 0 Å². The van der Waals surface area contributed by atoms with E-state index < -0.39 is 41.6 Å². The quantitative estimate of drug-likeness (QED) is 0.250. The fourth-order valence-electron chi connectivity index (χ4n) is 3.90. The van der Waals surface area contributed by atoms with Crippen LogP contribution in [0.25, 0.3) is 0 Å². The first-order valence-corrected chi connectivity index (χ1v) is 13.8. The molecule has 9 nitrogen and oxygen atoms in total. The highest BCUT2D eigenvalue weighted by atomic mass is 16.6. The van der Waals surface area contributed by atoms with E-state index in [1.165, 1.54) is 4.90 Å². The summed E-state index contributed by atoms with van der Waals surface area (Å²) < 4.78 is 10.3. The molecule has 0 aliphatic rings. The van der Waals surface area contributed by atoms with Crippen molar-refractivity contribution in [2.24, 2.45) is 0 Å². The Labute approximate surface area is 228 Å². The number of nitrogens with one attached hydrogen (secondary N) is 2. The minimum absolute atomic E-state index is 0.0299. The number of rotatable bonds is 15. The van der Waals surface area contributed by atoms with Crippen LogP contribution in [0.4, 0.5) is 4.79 Å². The Morgan fingerprint density at radius 1 is 0.974 bits per heavy atom. The number of hydrogen-bond donors (Lipinski definition) is 2. The maximum atomic E-state index is 13.7. The Bertz CT molecular complexity index is 895. The van der Waals surface area contributed by atoms with Crippen LogP contribution in [0.1, 0.15) is 97.7 Å². The average Bonchev–Trinajstić information content (AvgIpc) is 2.84. The standard InChI is InChI=1S/C29H47N3O6/c1-8-11-12-13-20-32(27(35)21(4)31-28(36)38-29(5,6)7)25(23-16-14-22(9-2)15-17-23)26(34)30-19-18-24(33)37-10-3/h14-17,21,25H,8-13,18-20H2,1-7H3,(H,30,34)(H,31,36). The summed E-state index contributed by atoms with van der Waals surface area (Å²) in [6.07, 6.45) is 3.82. The lowest BCUT2D eigenvalue weighted by Gasteiger charge is -2.34. The van der Waals surface area contributed by atoms with Gasteiger partial charge in [0, 0.05) is 13.1 Å². The van der Waals surface area contributed by atoms with Crippen molar-refractivity contribution >= 4 is 23.9 Å². The molecule has 38 heavy (non-hydrogen) atoms. The largest absolute Gasteiger partial charge is 0.466 e. The first kappa shape index (κ1) is 32.9. The van der Waals surface area contributed by atoms with Gasteiger partial charge in [0.15, 0.2) is 0 Å². The number of amides is 3. The highest BCUT2D eigenvalue weighted by Gasteiger charge is 2.34. The summed E-state index contributed by atoms with van der Waals surface area (Å²) in [5.41, 5.74) is 1.05. The molecule has 0 radical (unpaired) electrons. The molecule has 0 fully saturated rings. The van der Waals surface area contributed by atoms with Crippen LogP contribution < -0.4 is 10.6 Å². The van der Waals surface area contributed by atoms with Gasteiger partial charge in [-0.05, 0) is 58.6 Å². The smallest absolute Gasteiger partial charge is 0.408 e. The van der Waals surface area contributed by atoms with Crippen molar-refractivity contribution in [2.75, 3.05) is 19.7 Å². The lowest BCUT2D eigenvalue weighted by atomic mass is 10.00. The number of hydrogen-bond acceptors (Lipinski definition) is 6. The number of alkyl carbamates (subject to hydrolysis) is 1. The van der Waals surface area contributed by atoms with Gasteiger partial charge in [-0.3, -0.25) is 14.4 Å². The minimum Gasteiger partial charge on any atom is -0.466 e. The number of aryl methyl sites for hydroxylation is 1. The zero-order chi connectivity index (χ0) is 28.7. The van der Waals surface area contributed by atoms with Gasteiger partial charge in [0.25, 0.3) is 0 Å². The highest BCUT2D eigenvalue weighted by Crippen LogP contribution is 2.24. The molecule has 214 valence electrons. The first-order valence-electron chi connectivity index (χ1n) is 13.8. The summed E-state index contributed by atoms with van der Waals surface area (Å²) in [6, 6.07) is 5.74. The number of nitrogens with zero attached hydrogens (tertiary/aromatic N) is 1. The second kappa shape index (κ2) is 16.7. The zero-order valence-electron chi connectivity index (χ0n) is 24.2. The second-order valence-electron chi connectivity index (χ2n) is 10.3. The molecule has 0 aromatic heterocycles. The predicted octanol–water partition coefficient (Wildman–Crippen LogP) is 4.68. The molecular formula is C29H47N3O6. The molecule has 0 aliphatic carbocycles. The third-order valence-corrected chi connectivity index (χ3v) is 5.84. The Morgan fingerprint density at radius 2 is 1.63 bits per heavy atom. The molecule has 2 unspecified atom stereocenters. The fourth-order valence-corrected chi connectivity index (χ4v) is 3.90. The maximum absolute atomic E-state index is 13.7. The van der Waals surface area contributed by atoms with Gasteiger partial charge < -0.3 is 25.0 Å². The molecular weight excluding hydrogens is 486 g/mol. The van der Waals surface area contributed by atoms with Crippen molar-refractivity contribution in [1.82, 2.24) is 15.5 Å². The van der Waals surface area contributed by atoms with Gasteiger partial charge in [0.05, 0.1) is 13.0 Å². The van der Waals surface area contributed by atoms with Crippen molar-refractivity contribution in [3.63, 3.8) is 0 Å². The number of carbonyl (C=O) groups excluding carboxylic acids is 4. The minimum atomic E-state index is -0.930. The van der Waals surface area contributed by atoms with Gasteiger partial charge in [0.2, 0.25) is 11.8 Å². The Hall–Kier alpha value is -3.10. The SMILES string of the molecule is CCCCCCN(C(=O)C(C)NC(=O)OC(C)(C)C)C(C(=O)NCCC(=O)OCC)c1ccc(CC)cc1. The monoisotopic (exact) mass is 533 g/mol. The van der Waals surface area contributed by atoms with Crippen molar-refractivity contribution in [2.45, 2.75) is 105 Å². The topological polar surface area (TPSA) is 114 Å². The Balaban J connectivity index is 3.27. The molecule has 0 spiro atoms. The molecule has 9 heteroatoms. The molecule has 1 rings (SSSR count). The molecule has 0 saturated heterocycles. The van der Waals surface area contributed by atoms with E-state index >= 15 is 0 Å². The summed E-state index contributed by atoms with van der Waals surface area (Å²) in [7, 11) is 0. The number of esters is 1. The van der Waals surface area contributed by atoms with E-state index in [1.807, 2.05) is 31.2 Å². The summed E-state index contributed by atoms with van der Waals surface area (Å²) in [4.78, 5) is 52.9. The molecule has 0 bridgehead atoms. The van der Waals surface area contributed by atoms with Crippen LogP contribution in [0.3, 0.4) is 0 Å². The first-order chi connectivity index (χ1) is 17.9. The molecule has 2 atom stereocenters. The van der Waals surface area contributed by atoms with E-state index in [4.69, 9.17) is 9.47 Å². The van der Waals surface area contributed by atoms with Crippen molar-refractivity contribution in [3.05, 3.63) is 35.4 Å². The Kier molecular flexibility index (Phi) is 14.5. The van der Waals surface area contributed by atoms with Gasteiger partial charge in [0.1, 0.15) is 17.7 Å². The molecule has 0 heterocycles. The van der Waals surface area contributed by atoms with Crippen LogP contribution >= 0.6 is 0 Å². The van der Waals surface area contributed by atoms with Crippen molar-refractivity contribution < 1.29 is 28.7 Å². The van der Waals surface area contributed by atoms with Crippen LogP contribution in [0, 0.1) is 0 Å². The normalized spacial score (nSPS) is 12.7. The van der Waals surface area contributed by atoms with E-state index in [9.17, 15) is 19.2 Å². The number of benzene rings is 1. The van der Waals surface area contributed by atoms with Crippen molar-refractivity contribution in [1.29, 1.82) is 0 Å². The van der Waals surface area contributed by atoms with E-state index in [2.05, 4.69) is 17.6 Å². The number of carbonyl (C=O) groups is 4. The van der Waals surface area contributed by atoms with E-state index in [0.29, 0.717) is 18.5 Å². The van der Waals surface area contributed by atoms with Gasteiger partial charge in [-0.2, -0.15) is 0 Å². The summed E-state index contributed by atoms with van der Waals surface area (Å²) in [5, 5.41) is 5.41. The number of ether oxygens (including phenoxy) is 2. The summed E-state index contributed by atoms with van der Waals surface area (Å²) in [6.45, 7) is 13.4. The van der Waals surface area contributed by atoms with Gasteiger partial charge in [-0.15, -0.1) is 0 Å². The third-order valence-electron chi connectivity index (χ3n) is 5.84. The molecule has 3 amide bonds. The molecule has 2 N–H and O–H groups in total. The average molecular weight is 534 g/mol. The lowest BCUT2D eigenvalue weighted by molar-refractivity contribution is -0.144. The number of unbranched alkanes of at least 4 members (excludes halogenated alkanes) is 3. The van der Waals surface area contributed by atoms with Gasteiger partial charge in [-0.1, -0.05) is 57.4 Å². The predicted molar refractivity (Wildman–Crippen MR) is 148 cm³/mol. The molecule has 0 aliphatic heterocycles. The lowest BCUT2D eigenvalue weighted by Crippen LogP contribution is -2.52. The van der Waals surface area contributed by atoms with Crippen LogP contribution in [0.2, 0.25) is 0 Å². The second-order valence-corrected chi connectivity index (χ2v) is 10.3. The van der Waals surface area contributed by atoms with Gasteiger partial charge in [-0.25, -0.2) is 4.79 Å². The van der Waals surface area contributed by atoms with Crippen LogP contribution in [-0.4, -0.2) is 60.1 Å². The zero-order valence-corrected chi connectivity index (χ0v) is 24.2. The molecule has 1 aromatic carbocycles. The van der Waals surface area contributed by atoms with E-state index in [0.717, 1.165) is 31.2 Å². The van der Waals surface area contributed by atoms with Crippen molar-refractivity contribution in [3.8, 4) is 0 Å². The third kappa shape index (κ3) is 12.0. The summed E-state index contributed by atoms with van der Waals surface area (Å²) >= 11 is 0. The van der Waals surface area contributed by atoms with Gasteiger partial charge >= 0.3 is 12.1 Å². The maximum Gasteiger partial charge on any atom is 0.408 e. The van der Waals surface area contributed by atoms with E-state index in [-0.39, 0.29) is 19.6 Å². The summed E-state index contributed by atoms with van der Waals surface area (Å²) in [5.74, 6) is -1.19. The van der Waals surface area contributed by atoms with E-state index in [1.54, 1.807) is 34.6 Å². The molecule has 0 saturated carbocycles. The Morgan fingerprint density at radius 3 is 2.18 bits per heavy atom. The van der Waals surface area contributed by atoms with Crippen LogP contribution in [-0.2, 0) is 30.3 Å². The highest BCUT2D eigenvalue weighted by molar-refractivity contribution is 5.92. The fraction of sp³-hybridized carbons (Fsp3) is 0.655. The molecule has 1 aromatic rings. The van der Waals surface area contributed by atoms with Crippen LogP contribution in [0.15, 0.2) is 24.3 Å².